The molecule has 0 radical (unpaired) electrons. The fourth-order valence-corrected chi connectivity index (χ4v) is 4.24. The molecule has 1 atom stereocenters. The Hall–Kier alpha value is -2.92. The Bertz CT molecular complexity index is 967. The lowest BCUT2D eigenvalue weighted by atomic mass is 9.96. The van der Waals surface area contributed by atoms with Gasteiger partial charge in [-0.15, -0.1) is 0 Å². The van der Waals surface area contributed by atoms with E-state index in [1.54, 1.807) is 6.20 Å². The minimum Gasteiger partial charge on any atom is -0.352 e. The maximum absolute atomic E-state index is 12.8. The van der Waals surface area contributed by atoms with Crippen LogP contribution < -0.4 is 5.32 Å². The summed E-state index contributed by atoms with van der Waals surface area (Å²) in [6, 6.07) is 17.0. The van der Waals surface area contributed by atoms with Gasteiger partial charge in [0, 0.05) is 38.6 Å². The Labute approximate surface area is 178 Å². The van der Waals surface area contributed by atoms with Gasteiger partial charge in [-0.25, -0.2) is 4.98 Å². The van der Waals surface area contributed by atoms with Gasteiger partial charge in [0.2, 0.25) is 5.91 Å². The average molecular weight is 403 g/mol. The van der Waals surface area contributed by atoms with E-state index in [9.17, 15) is 4.79 Å². The molecule has 5 nitrogen and oxygen atoms in total. The number of hydrogen-bond acceptors (Lipinski definition) is 3. The Morgan fingerprint density at radius 2 is 1.90 bits per heavy atom. The number of imidazole rings is 1. The minimum absolute atomic E-state index is 0.0673. The van der Waals surface area contributed by atoms with Crippen LogP contribution in [0.1, 0.15) is 35.1 Å². The molecule has 2 heterocycles. The van der Waals surface area contributed by atoms with Crippen molar-refractivity contribution in [2.75, 3.05) is 13.1 Å². The van der Waals surface area contributed by atoms with Crippen molar-refractivity contribution < 1.29 is 4.79 Å². The van der Waals surface area contributed by atoms with Crippen molar-refractivity contribution in [2.45, 2.75) is 39.4 Å². The molecule has 30 heavy (non-hydrogen) atoms. The zero-order valence-corrected chi connectivity index (χ0v) is 17.6. The van der Waals surface area contributed by atoms with E-state index in [1.807, 2.05) is 17.1 Å². The van der Waals surface area contributed by atoms with E-state index in [2.05, 4.69) is 70.7 Å². The second-order valence-corrected chi connectivity index (χ2v) is 8.34. The molecule has 1 aliphatic heterocycles. The number of rotatable bonds is 7. The monoisotopic (exact) mass is 402 g/mol. The van der Waals surface area contributed by atoms with E-state index in [1.165, 1.54) is 16.7 Å². The SMILES string of the molecule is Cc1cccc(CN2CCCC(C(=O)NCc3cccc(Cn4ccnc4)c3)C2)c1. The molecule has 5 heteroatoms. The highest BCUT2D eigenvalue weighted by Gasteiger charge is 2.25. The quantitative estimate of drug-likeness (QED) is 0.655. The molecule has 1 fully saturated rings. The number of piperidine rings is 1. The number of likely N-dealkylation sites (tertiary alicyclic amines) is 1. The van der Waals surface area contributed by atoms with Crippen LogP contribution in [0.3, 0.4) is 0 Å². The highest BCUT2D eigenvalue weighted by Crippen LogP contribution is 2.19. The molecule has 3 aromatic rings. The molecular formula is C25H30N4O. The number of aryl methyl sites for hydroxylation is 1. The van der Waals surface area contributed by atoms with Crippen molar-refractivity contribution in [3.8, 4) is 0 Å². The van der Waals surface area contributed by atoms with Crippen molar-refractivity contribution in [3.63, 3.8) is 0 Å². The second kappa shape index (κ2) is 9.72. The fraction of sp³-hybridized carbons (Fsp3) is 0.360. The molecule has 0 spiro atoms. The third kappa shape index (κ3) is 5.57. The number of hydrogen-bond donors (Lipinski definition) is 1. The zero-order valence-electron chi connectivity index (χ0n) is 17.6. The first-order valence-electron chi connectivity index (χ1n) is 10.7. The maximum atomic E-state index is 12.8. The van der Waals surface area contributed by atoms with E-state index in [0.717, 1.165) is 44.6 Å². The number of aromatic nitrogens is 2. The van der Waals surface area contributed by atoms with Gasteiger partial charge in [-0.2, -0.15) is 0 Å². The summed E-state index contributed by atoms with van der Waals surface area (Å²) in [5.74, 6) is 0.238. The first-order chi connectivity index (χ1) is 14.7. The Balaban J connectivity index is 1.29. The van der Waals surface area contributed by atoms with Crippen LogP contribution in [0.2, 0.25) is 0 Å². The standard InChI is InChI=1S/C25H30N4O/c1-20-5-2-7-22(13-20)16-28-11-4-9-24(18-28)25(30)27-15-21-6-3-8-23(14-21)17-29-12-10-26-19-29/h2-3,5-8,10,12-14,19,24H,4,9,11,15-18H2,1H3,(H,27,30). The first kappa shape index (κ1) is 20.4. The number of benzene rings is 2. The van der Waals surface area contributed by atoms with Gasteiger partial charge in [0.05, 0.1) is 12.2 Å². The molecule has 1 N–H and O–H groups in total. The molecule has 0 aliphatic carbocycles. The van der Waals surface area contributed by atoms with Gasteiger partial charge in [0.15, 0.2) is 0 Å². The highest BCUT2D eigenvalue weighted by atomic mass is 16.1. The number of carbonyl (C=O) groups excluding carboxylic acids is 1. The minimum atomic E-state index is 0.0673. The molecule has 0 saturated carbocycles. The summed E-state index contributed by atoms with van der Waals surface area (Å²) >= 11 is 0. The summed E-state index contributed by atoms with van der Waals surface area (Å²) in [5, 5.41) is 3.16. The first-order valence-corrected chi connectivity index (χ1v) is 10.7. The molecule has 1 aromatic heterocycles. The predicted octanol–water partition coefficient (Wildman–Crippen LogP) is 3.77. The lowest BCUT2D eigenvalue weighted by molar-refractivity contribution is -0.126. The van der Waals surface area contributed by atoms with E-state index < -0.39 is 0 Å². The van der Waals surface area contributed by atoms with Gasteiger partial charge >= 0.3 is 0 Å². The predicted molar refractivity (Wildman–Crippen MR) is 119 cm³/mol. The van der Waals surface area contributed by atoms with Gasteiger partial charge in [-0.1, -0.05) is 54.1 Å². The summed E-state index contributed by atoms with van der Waals surface area (Å²) in [4.78, 5) is 19.3. The van der Waals surface area contributed by atoms with Crippen molar-refractivity contribution in [3.05, 3.63) is 89.5 Å². The highest BCUT2D eigenvalue weighted by molar-refractivity contribution is 5.79. The van der Waals surface area contributed by atoms with Crippen molar-refractivity contribution in [2.24, 2.45) is 5.92 Å². The molecular weight excluding hydrogens is 372 g/mol. The van der Waals surface area contributed by atoms with Crippen molar-refractivity contribution in [1.82, 2.24) is 19.8 Å². The summed E-state index contributed by atoms with van der Waals surface area (Å²) in [6.45, 7) is 6.31. The van der Waals surface area contributed by atoms with E-state index in [4.69, 9.17) is 0 Å². The van der Waals surface area contributed by atoms with Gasteiger partial charge in [0.25, 0.3) is 0 Å². The maximum Gasteiger partial charge on any atom is 0.224 e. The smallest absolute Gasteiger partial charge is 0.224 e. The van der Waals surface area contributed by atoms with Crippen LogP contribution in [-0.2, 0) is 24.4 Å². The van der Waals surface area contributed by atoms with E-state index in [0.29, 0.717) is 6.54 Å². The van der Waals surface area contributed by atoms with Crippen LogP contribution in [0, 0.1) is 12.8 Å². The molecule has 2 aromatic carbocycles. The normalized spacial score (nSPS) is 17.0. The fourth-order valence-electron chi connectivity index (χ4n) is 4.24. The number of nitrogens with one attached hydrogen (secondary N) is 1. The van der Waals surface area contributed by atoms with Gasteiger partial charge < -0.3 is 9.88 Å². The van der Waals surface area contributed by atoms with Gasteiger partial charge in [0.1, 0.15) is 0 Å². The van der Waals surface area contributed by atoms with Gasteiger partial charge in [-0.05, 0) is 43.0 Å². The van der Waals surface area contributed by atoms with Crippen LogP contribution in [-0.4, -0.2) is 33.4 Å². The van der Waals surface area contributed by atoms with Crippen molar-refractivity contribution >= 4 is 5.91 Å². The number of carbonyl (C=O) groups is 1. The lowest BCUT2D eigenvalue weighted by Crippen LogP contribution is -2.42. The van der Waals surface area contributed by atoms with Gasteiger partial charge in [-0.3, -0.25) is 9.69 Å². The Kier molecular flexibility index (Phi) is 6.60. The summed E-state index contributed by atoms with van der Waals surface area (Å²) < 4.78 is 2.04. The van der Waals surface area contributed by atoms with Crippen LogP contribution in [0.15, 0.2) is 67.3 Å². The molecule has 0 bridgehead atoms. The zero-order chi connectivity index (χ0) is 20.8. The van der Waals surface area contributed by atoms with Crippen LogP contribution in [0.25, 0.3) is 0 Å². The summed E-state index contributed by atoms with van der Waals surface area (Å²) in [5.41, 5.74) is 4.95. The topological polar surface area (TPSA) is 50.2 Å². The second-order valence-electron chi connectivity index (χ2n) is 8.34. The lowest BCUT2D eigenvalue weighted by Gasteiger charge is -2.32. The van der Waals surface area contributed by atoms with E-state index in [-0.39, 0.29) is 11.8 Å². The average Bonchev–Trinajstić information content (AvgIpc) is 3.25. The summed E-state index contributed by atoms with van der Waals surface area (Å²) in [7, 11) is 0. The molecule has 1 unspecified atom stereocenters. The molecule has 1 aliphatic rings. The van der Waals surface area contributed by atoms with Crippen LogP contribution in [0.4, 0.5) is 0 Å². The number of amides is 1. The molecule has 4 rings (SSSR count). The van der Waals surface area contributed by atoms with Crippen molar-refractivity contribution in [1.29, 1.82) is 0 Å². The Morgan fingerprint density at radius 1 is 1.10 bits per heavy atom. The largest absolute Gasteiger partial charge is 0.352 e. The summed E-state index contributed by atoms with van der Waals surface area (Å²) in [6.07, 6.45) is 7.61. The third-order valence-corrected chi connectivity index (χ3v) is 5.75. The molecule has 156 valence electrons. The Morgan fingerprint density at radius 3 is 2.70 bits per heavy atom. The van der Waals surface area contributed by atoms with E-state index >= 15 is 0 Å². The molecule has 1 amide bonds. The third-order valence-electron chi connectivity index (χ3n) is 5.75. The number of nitrogens with zero attached hydrogens (tertiary/aromatic N) is 3. The molecule has 1 saturated heterocycles. The van der Waals surface area contributed by atoms with Crippen LogP contribution >= 0.6 is 0 Å². The van der Waals surface area contributed by atoms with Crippen LogP contribution in [0.5, 0.6) is 0 Å².